The molecule has 6 nitrogen and oxygen atoms in total. The number of anilines is 1. The Kier molecular flexibility index (Phi) is 6.09. The van der Waals surface area contributed by atoms with Gasteiger partial charge in [0.1, 0.15) is 11.4 Å². The lowest BCUT2D eigenvalue weighted by Gasteiger charge is -2.12. The molecular formula is C23H23N3O3S. The molecule has 1 aromatic carbocycles. The monoisotopic (exact) mass is 421 g/mol. The molecule has 3 aromatic heterocycles. The van der Waals surface area contributed by atoms with Gasteiger partial charge in [-0.05, 0) is 48.7 Å². The molecule has 30 heavy (non-hydrogen) atoms. The van der Waals surface area contributed by atoms with Crippen LogP contribution in [0.1, 0.15) is 24.5 Å². The normalized spacial score (nSPS) is 11.0. The van der Waals surface area contributed by atoms with Crippen molar-refractivity contribution in [1.82, 2.24) is 9.97 Å². The number of hydrogen-bond acceptors (Lipinski definition) is 5. The summed E-state index contributed by atoms with van der Waals surface area (Å²) in [7, 11) is 0. The zero-order chi connectivity index (χ0) is 20.9. The summed E-state index contributed by atoms with van der Waals surface area (Å²) in [6.07, 6.45) is 4.50. The molecule has 1 amide bonds. The van der Waals surface area contributed by atoms with E-state index in [1.165, 1.54) is 11.8 Å². The van der Waals surface area contributed by atoms with Crippen LogP contribution in [0.3, 0.4) is 0 Å². The second-order valence-corrected chi connectivity index (χ2v) is 7.91. The van der Waals surface area contributed by atoms with E-state index >= 15 is 0 Å². The van der Waals surface area contributed by atoms with Crippen molar-refractivity contribution in [2.45, 2.75) is 31.8 Å². The summed E-state index contributed by atoms with van der Waals surface area (Å²) >= 11 is 1.49. The van der Waals surface area contributed by atoms with Crippen LogP contribution in [0.15, 0.2) is 69.0 Å². The second kappa shape index (κ2) is 9.09. The fraction of sp³-hybridized carbons (Fsp3) is 0.217. The Labute approximate surface area is 179 Å². The first-order valence-corrected chi connectivity index (χ1v) is 10.8. The average molecular weight is 422 g/mol. The number of thioether (sulfide) groups is 1. The fourth-order valence-corrected chi connectivity index (χ4v) is 4.07. The summed E-state index contributed by atoms with van der Waals surface area (Å²) in [6, 6.07) is 13.5. The van der Waals surface area contributed by atoms with Crippen molar-refractivity contribution >= 4 is 23.4 Å². The first-order valence-electron chi connectivity index (χ1n) is 9.84. The first-order chi connectivity index (χ1) is 14.7. The van der Waals surface area contributed by atoms with Crippen LogP contribution in [0.2, 0.25) is 0 Å². The van der Waals surface area contributed by atoms with Crippen molar-refractivity contribution in [3.05, 3.63) is 66.1 Å². The number of hydrogen-bond donors (Lipinski definition) is 2. The Morgan fingerprint density at radius 2 is 1.87 bits per heavy atom. The number of amides is 1. The highest BCUT2D eigenvalue weighted by Crippen LogP contribution is 2.33. The molecule has 0 atom stereocenters. The van der Waals surface area contributed by atoms with E-state index in [0.29, 0.717) is 34.5 Å². The maximum absolute atomic E-state index is 12.5. The van der Waals surface area contributed by atoms with Gasteiger partial charge in [0.2, 0.25) is 5.91 Å². The minimum absolute atomic E-state index is 0.00410. The van der Waals surface area contributed by atoms with Crippen LogP contribution < -0.4 is 5.32 Å². The van der Waals surface area contributed by atoms with Gasteiger partial charge in [0.15, 0.2) is 16.7 Å². The molecular weight excluding hydrogens is 398 g/mol. The Bertz CT molecular complexity index is 1060. The average Bonchev–Trinajstić information content (AvgIpc) is 3.50. The molecule has 0 aliphatic heterocycles. The number of furan rings is 2. The topological polar surface area (TPSA) is 84.1 Å². The number of nitrogens with one attached hydrogen (secondary N) is 2. The van der Waals surface area contributed by atoms with Crippen LogP contribution in [-0.2, 0) is 11.2 Å². The van der Waals surface area contributed by atoms with E-state index in [1.807, 2.05) is 49.4 Å². The van der Waals surface area contributed by atoms with E-state index in [1.54, 1.807) is 12.5 Å². The van der Waals surface area contributed by atoms with Crippen molar-refractivity contribution < 1.29 is 13.6 Å². The molecule has 2 N–H and O–H groups in total. The van der Waals surface area contributed by atoms with E-state index in [2.05, 4.69) is 22.2 Å². The van der Waals surface area contributed by atoms with Gasteiger partial charge in [-0.3, -0.25) is 4.79 Å². The number of benzene rings is 1. The Hall–Kier alpha value is -3.19. The van der Waals surface area contributed by atoms with Crippen LogP contribution in [0.25, 0.3) is 22.9 Å². The second-order valence-electron chi connectivity index (χ2n) is 6.83. The molecule has 4 rings (SSSR count). The van der Waals surface area contributed by atoms with Crippen molar-refractivity contribution in [3.8, 4) is 22.9 Å². The van der Waals surface area contributed by atoms with Gasteiger partial charge in [-0.15, -0.1) is 0 Å². The summed E-state index contributed by atoms with van der Waals surface area (Å²) in [5.41, 5.74) is 4.60. The van der Waals surface area contributed by atoms with E-state index in [-0.39, 0.29) is 5.91 Å². The third kappa shape index (κ3) is 4.36. The maximum atomic E-state index is 12.5. The number of rotatable bonds is 8. The molecule has 4 aromatic rings. The van der Waals surface area contributed by atoms with Gasteiger partial charge in [0.05, 0.1) is 12.5 Å². The lowest BCUT2D eigenvalue weighted by atomic mass is 10.1. The molecule has 0 aliphatic carbocycles. The van der Waals surface area contributed by atoms with E-state index in [9.17, 15) is 4.79 Å². The Morgan fingerprint density at radius 3 is 2.57 bits per heavy atom. The van der Waals surface area contributed by atoms with Crippen molar-refractivity contribution in [2.75, 3.05) is 11.1 Å². The number of imidazole rings is 1. The maximum Gasteiger partial charge on any atom is 0.225 e. The Morgan fingerprint density at radius 1 is 1.10 bits per heavy atom. The molecule has 7 heteroatoms. The number of aromatic nitrogens is 2. The zero-order valence-electron chi connectivity index (χ0n) is 16.9. The van der Waals surface area contributed by atoms with E-state index in [0.717, 1.165) is 28.9 Å². The van der Waals surface area contributed by atoms with E-state index in [4.69, 9.17) is 8.83 Å². The van der Waals surface area contributed by atoms with E-state index < -0.39 is 0 Å². The van der Waals surface area contributed by atoms with Crippen molar-refractivity contribution in [3.63, 3.8) is 0 Å². The lowest BCUT2D eigenvalue weighted by Crippen LogP contribution is -2.14. The highest BCUT2D eigenvalue weighted by molar-refractivity contribution is 7.99. The summed E-state index contributed by atoms with van der Waals surface area (Å²) in [4.78, 5) is 20.4. The number of carbonyl (C=O) groups is 1. The molecule has 3 heterocycles. The van der Waals surface area contributed by atoms with Gasteiger partial charge >= 0.3 is 0 Å². The minimum Gasteiger partial charge on any atom is -0.463 e. The predicted octanol–water partition coefficient (Wildman–Crippen LogP) is 5.92. The van der Waals surface area contributed by atoms with Crippen molar-refractivity contribution in [1.29, 1.82) is 0 Å². The number of carbonyl (C=O) groups excluding carboxylic acids is 1. The SMILES string of the molecule is CCc1cccc(C)c1NC(=O)CCSc1nc(-c2ccco2)c(-c2ccco2)[nH]1. The third-order valence-corrected chi connectivity index (χ3v) is 5.65. The molecule has 0 saturated carbocycles. The Balaban J connectivity index is 1.42. The van der Waals surface area contributed by atoms with Gasteiger partial charge in [0.25, 0.3) is 0 Å². The molecule has 0 bridgehead atoms. The number of H-pyrrole nitrogens is 1. The largest absolute Gasteiger partial charge is 0.463 e. The van der Waals surface area contributed by atoms with Crippen LogP contribution in [-0.4, -0.2) is 21.6 Å². The summed E-state index contributed by atoms with van der Waals surface area (Å²) < 4.78 is 11.0. The smallest absolute Gasteiger partial charge is 0.225 e. The standard InChI is InChI=1S/C23H23N3O3S/c1-3-16-8-4-7-15(2)20(16)24-19(27)11-14-30-23-25-21(17-9-5-12-28-17)22(26-23)18-10-6-13-29-18/h4-10,12-13H,3,11,14H2,1-2H3,(H,24,27)(H,25,26). The fourth-order valence-electron chi connectivity index (χ4n) is 3.25. The van der Waals surface area contributed by atoms with Crippen LogP contribution in [0, 0.1) is 6.92 Å². The molecule has 154 valence electrons. The molecule has 0 saturated heterocycles. The quantitative estimate of drug-likeness (QED) is 0.345. The zero-order valence-corrected chi connectivity index (χ0v) is 17.7. The van der Waals surface area contributed by atoms with Gasteiger partial charge in [-0.2, -0.15) is 0 Å². The third-order valence-electron chi connectivity index (χ3n) is 4.78. The summed E-state index contributed by atoms with van der Waals surface area (Å²) in [5.74, 6) is 1.94. The van der Waals surface area contributed by atoms with Gasteiger partial charge < -0.3 is 19.1 Å². The molecule has 0 unspecified atom stereocenters. The molecule has 0 aliphatic rings. The first kappa shape index (κ1) is 20.1. The van der Waals surface area contributed by atoms with Gasteiger partial charge in [-0.25, -0.2) is 4.98 Å². The van der Waals surface area contributed by atoms with Crippen LogP contribution in [0.5, 0.6) is 0 Å². The number of para-hydroxylation sites is 1. The van der Waals surface area contributed by atoms with Crippen LogP contribution in [0.4, 0.5) is 5.69 Å². The highest BCUT2D eigenvalue weighted by atomic mass is 32.2. The molecule has 0 spiro atoms. The molecule has 0 fully saturated rings. The number of aryl methyl sites for hydroxylation is 2. The minimum atomic E-state index is -0.00410. The van der Waals surface area contributed by atoms with Crippen molar-refractivity contribution in [2.24, 2.45) is 0 Å². The van der Waals surface area contributed by atoms with Gasteiger partial charge in [0, 0.05) is 17.9 Å². The van der Waals surface area contributed by atoms with Crippen LogP contribution >= 0.6 is 11.8 Å². The summed E-state index contributed by atoms with van der Waals surface area (Å²) in [6.45, 7) is 4.10. The number of aromatic amines is 1. The predicted molar refractivity (Wildman–Crippen MR) is 119 cm³/mol. The summed E-state index contributed by atoms with van der Waals surface area (Å²) in [5, 5.41) is 3.78. The number of nitrogens with zero attached hydrogens (tertiary/aromatic N) is 1. The molecule has 0 radical (unpaired) electrons. The van der Waals surface area contributed by atoms with Gasteiger partial charge in [-0.1, -0.05) is 36.9 Å². The lowest BCUT2D eigenvalue weighted by molar-refractivity contribution is -0.115. The highest BCUT2D eigenvalue weighted by Gasteiger charge is 2.18.